The van der Waals surface area contributed by atoms with Crippen LogP contribution in [0.3, 0.4) is 0 Å². The predicted octanol–water partition coefficient (Wildman–Crippen LogP) is 1.09. The van der Waals surface area contributed by atoms with Crippen molar-refractivity contribution in [3.8, 4) is 0 Å². The minimum Gasteiger partial charge on any atom is -0.357 e. The maximum Gasteiger partial charge on any atom is 0.194 e. The molecule has 2 saturated heterocycles. The Hall–Kier alpha value is -0.120. The first-order valence-corrected chi connectivity index (χ1v) is 9.64. The molecule has 25 heavy (non-hydrogen) atoms. The molecule has 0 amide bonds. The molecule has 148 valence electrons. The summed E-state index contributed by atoms with van der Waals surface area (Å²) in [5.41, 5.74) is 0. The van der Waals surface area contributed by atoms with Crippen LogP contribution in [0.4, 0.5) is 0 Å². The Balaban J connectivity index is 0.00000312. The standard InChI is InChI=1S/C18H38N6.HI/c1-6-19-18(20-13-17-15-21(4)7-8-22(17)5)24-11-9-23(10-12-24)14-16(2)3;/h16-17H,6-15H2,1-5H3,(H,19,20);1H. The van der Waals surface area contributed by atoms with Crippen molar-refractivity contribution >= 4 is 29.9 Å². The molecule has 2 aliphatic rings. The topological polar surface area (TPSA) is 37.4 Å². The second-order valence-corrected chi connectivity index (χ2v) is 7.77. The van der Waals surface area contributed by atoms with Gasteiger partial charge in [0.15, 0.2) is 5.96 Å². The summed E-state index contributed by atoms with van der Waals surface area (Å²) in [5.74, 6) is 1.85. The molecule has 0 aromatic rings. The number of rotatable bonds is 5. The zero-order valence-corrected chi connectivity index (χ0v) is 19.2. The molecular weight excluding hydrogens is 427 g/mol. The van der Waals surface area contributed by atoms with Gasteiger partial charge in [0.25, 0.3) is 0 Å². The summed E-state index contributed by atoms with van der Waals surface area (Å²) in [6.07, 6.45) is 0. The SMILES string of the molecule is CCNC(=NCC1CN(C)CCN1C)N1CCN(CC(C)C)CC1.I. The number of hydrogen-bond donors (Lipinski definition) is 1. The van der Waals surface area contributed by atoms with Gasteiger partial charge in [0.1, 0.15) is 0 Å². The summed E-state index contributed by atoms with van der Waals surface area (Å²) in [6, 6.07) is 0.527. The van der Waals surface area contributed by atoms with E-state index in [1.807, 2.05) is 0 Å². The van der Waals surface area contributed by atoms with Gasteiger partial charge in [0.2, 0.25) is 0 Å². The molecule has 0 aliphatic carbocycles. The van der Waals surface area contributed by atoms with Gasteiger partial charge in [-0.3, -0.25) is 14.8 Å². The molecule has 0 saturated carbocycles. The lowest BCUT2D eigenvalue weighted by molar-refractivity contribution is 0.119. The lowest BCUT2D eigenvalue weighted by Gasteiger charge is -2.38. The van der Waals surface area contributed by atoms with Gasteiger partial charge < -0.3 is 15.1 Å². The molecule has 2 fully saturated rings. The Bertz CT molecular complexity index is 395. The zero-order valence-electron chi connectivity index (χ0n) is 16.9. The van der Waals surface area contributed by atoms with Crippen molar-refractivity contribution in [2.24, 2.45) is 10.9 Å². The van der Waals surface area contributed by atoms with Crippen molar-refractivity contribution in [3.63, 3.8) is 0 Å². The fourth-order valence-electron chi connectivity index (χ4n) is 3.57. The maximum atomic E-state index is 4.98. The number of nitrogens with zero attached hydrogens (tertiary/aromatic N) is 5. The monoisotopic (exact) mass is 466 g/mol. The molecular formula is C18H39IN6. The summed E-state index contributed by atoms with van der Waals surface area (Å²) in [6.45, 7) is 17.7. The van der Waals surface area contributed by atoms with Gasteiger partial charge in [0, 0.05) is 64.9 Å². The normalized spacial score (nSPS) is 24.5. The van der Waals surface area contributed by atoms with Gasteiger partial charge in [-0.2, -0.15) is 0 Å². The van der Waals surface area contributed by atoms with E-state index in [4.69, 9.17) is 4.99 Å². The van der Waals surface area contributed by atoms with E-state index in [1.165, 1.54) is 6.54 Å². The highest BCUT2D eigenvalue weighted by molar-refractivity contribution is 14.0. The van der Waals surface area contributed by atoms with E-state index in [1.54, 1.807) is 0 Å². The fourth-order valence-corrected chi connectivity index (χ4v) is 3.57. The lowest BCUT2D eigenvalue weighted by Crippen LogP contribution is -2.54. The second-order valence-electron chi connectivity index (χ2n) is 7.77. The van der Waals surface area contributed by atoms with Crippen molar-refractivity contribution in [3.05, 3.63) is 0 Å². The third-order valence-corrected chi connectivity index (χ3v) is 5.06. The Labute approximate surface area is 172 Å². The van der Waals surface area contributed by atoms with Crippen LogP contribution in [0.1, 0.15) is 20.8 Å². The van der Waals surface area contributed by atoms with Gasteiger partial charge in [-0.05, 0) is 26.9 Å². The molecule has 2 heterocycles. The van der Waals surface area contributed by atoms with Crippen LogP contribution in [-0.2, 0) is 0 Å². The van der Waals surface area contributed by atoms with Crippen LogP contribution >= 0.6 is 24.0 Å². The molecule has 0 aromatic heterocycles. The minimum atomic E-state index is 0. The highest BCUT2D eigenvalue weighted by atomic mass is 127. The van der Waals surface area contributed by atoms with Gasteiger partial charge in [-0.15, -0.1) is 24.0 Å². The van der Waals surface area contributed by atoms with Gasteiger partial charge in [0.05, 0.1) is 6.54 Å². The summed E-state index contributed by atoms with van der Waals surface area (Å²) >= 11 is 0. The van der Waals surface area contributed by atoms with E-state index in [-0.39, 0.29) is 24.0 Å². The molecule has 2 rings (SSSR count). The largest absolute Gasteiger partial charge is 0.357 e. The summed E-state index contributed by atoms with van der Waals surface area (Å²) in [4.78, 5) is 14.9. The predicted molar refractivity (Wildman–Crippen MR) is 118 cm³/mol. The molecule has 1 unspecified atom stereocenters. The quantitative estimate of drug-likeness (QED) is 0.373. The molecule has 7 heteroatoms. The number of guanidine groups is 1. The van der Waals surface area contributed by atoms with Crippen LogP contribution < -0.4 is 5.32 Å². The summed E-state index contributed by atoms with van der Waals surface area (Å²) < 4.78 is 0. The van der Waals surface area contributed by atoms with E-state index in [2.05, 4.69) is 59.8 Å². The van der Waals surface area contributed by atoms with Gasteiger partial charge in [-0.25, -0.2) is 0 Å². The Morgan fingerprint density at radius 3 is 2.36 bits per heavy atom. The molecule has 0 spiro atoms. The number of halogens is 1. The average molecular weight is 466 g/mol. The van der Waals surface area contributed by atoms with Crippen molar-refractivity contribution in [2.75, 3.05) is 79.5 Å². The molecule has 0 aromatic carbocycles. The third kappa shape index (κ3) is 7.56. The smallest absolute Gasteiger partial charge is 0.194 e. The van der Waals surface area contributed by atoms with E-state index in [0.29, 0.717) is 6.04 Å². The van der Waals surface area contributed by atoms with Crippen LogP contribution in [0.15, 0.2) is 4.99 Å². The molecule has 1 atom stereocenters. The number of nitrogens with one attached hydrogen (secondary N) is 1. The van der Waals surface area contributed by atoms with Crippen LogP contribution in [0.25, 0.3) is 0 Å². The molecule has 0 radical (unpaired) electrons. The van der Waals surface area contributed by atoms with Crippen molar-refractivity contribution < 1.29 is 0 Å². The van der Waals surface area contributed by atoms with E-state index in [9.17, 15) is 0 Å². The number of aliphatic imine (C=N–C) groups is 1. The fraction of sp³-hybridized carbons (Fsp3) is 0.944. The first-order valence-electron chi connectivity index (χ1n) is 9.64. The molecule has 6 nitrogen and oxygen atoms in total. The summed E-state index contributed by atoms with van der Waals surface area (Å²) in [7, 11) is 4.44. The molecule has 1 N–H and O–H groups in total. The van der Waals surface area contributed by atoms with Crippen molar-refractivity contribution in [1.29, 1.82) is 0 Å². The molecule has 2 aliphatic heterocycles. The van der Waals surface area contributed by atoms with Gasteiger partial charge >= 0.3 is 0 Å². The number of piperazine rings is 2. The molecule has 0 bridgehead atoms. The first kappa shape index (κ1) is 22.9. The lowest BCUT2D eigenvalue weighted by atomic mass is 10.2. The number of likely N-dealkylation sites (N-methyl/N-ethyl adjacent to an activating group) is 2. The number of hydrogen-bond acceptors (Lipinski definition) is 4. The average Bonchev–Trinajstić information content (AvgIpc) is 2.54. The maximum absolute atomic E-state index is 4.98. The van der Waals surface area contributed by atoms with Crippen LogP contribution in [-0.4, -0.2) is 111 Å². The second kappa shape index (κ2) is 11.6. The van der Waals surface area contributed by atoms with Crippen molar-refractivity contribution in [2.45, 2.75) is 26.8 Å². The minimum absolute atomic E-state index is 0. The zero-order chi connectivity index (χ0) is 17.5. The van der Waals surface area contributed by atoms with E-state index >= 15 is 0 Å². The summed E-state index contributed by atoms with van der Waals surface area (Å²) in [5, 5.41) is 3.50. The van der Waals surface area contributed by atoms with E-state index in [0.717, 1.165) is 70.8 Å². The van der Waals surface area contributed by atoms with Crippen molar-refractivity contribution in [1.82, 2.24) is 24.9 Å². The highest BCUT2D eigenvalue weighted by Gasteiger charge is 2.23. The van der Waals surface area contributed by atoms with Gasteiger partial charge in [-0.1, -0.05) is 13.8 Å². The van der Waals surface area contributed by atoms with Crippen LogP contribution in [0.2, 0.25) is 0 Å². The van der Waals surface area contributed by atoms with E-state index < -0.39 is 0 Å². The Morgan fingerprint density at radius 1 is 1.08 bits per heavy atom. The first-order chi connectivity index (χ1) is 11.5. The highest BCUT2D eigenvalue weighted by Crippen LogP contribution is 2.08. The van der Waals surface area contributed by atoms with Crippen LogP contribution in [0.5, 0.6) is 0 Å². The Kier molecular flexibility index (Phi) is 10.6. The third-order valence-electron chi connectivity index (χ3n) is 5.06. The van der Waals surface area contributed by atoms with Crippen LogP contribution in [0, 0.1) is 5.92 Å². The Morgan fingerprint density at radius 2 is 1.76 bits per heavy atom.